The molecule has 1 aromatic carbocycles. The van der Waals surface area contributed by atoms with Gasteiger partial charge in [0.25, 0.3) is 0 Å². The maximum absolute atomic E-state index is 5.31. The first kappa shape index (κ1) is 12.6. The van der Waals surface area contributed by atoms with Gasteiger partial charge in [0.05, 0.1) is 7.11 Å². The molecular formula is C14H19N3O. The van der Waals surface area contributed by atoms with Crippen molar-refractivity contribution in [3.8, 4) is 5.75 Å². The largest absolute Gasteiger partial charge is 0.496 e. The molecule has 2 aromatic rings. The molecule has 0 saturated heterocycles. The minimum absolute atomic E-state index is 0.836. The van der Waals surface area contributed by atoms with Gasteiger partial charge in [0, 0.05) is 31.0 Å². The van der Waals surface area contributed by atoms with E-state index in [0.29, 0.717) is 0 Å². The van der Waals surface area contributed by atoms with Gasteiger partial charge < -0.3 is 10.1 Å². The van der Waals surface area contributed by atoms with E-state index < -0.39 is 0 Å². The number of hydrogen-bond acceptors (Lipinski definition) is 3. The van der Waals surface area contributed by atoms with Crippen molar-refractivity contribution < 1.29 is 4.74 Å². The fraction of sp³-hybridized carbons (Fsp3) is 0.357. The lowest BCUT2D eigenvalue weighted by molar-refractivity contribution is 0.407. The van der Waals surface area contributed by atoms with Crippen molar-refractivity contribution in [2.45, 2.75) is 19.5 Å². The van der Waals surface area contributed by atoms with E-state index >= 15 is 0 Å². The van der Waals surface area contributed by atoms with E-state index in [1.807, 2.05) is 41.3 Å². The summed E-state index contributed by atoms with van der Waals surface area (Å²) < 4.78 is 7.26. The molecule has 0 atom stereocenters. The molecule has 0 bridgehead atoms. The molecule has 0 aliphatic heterocycles. The fourth-order valence-corrected chi connectivity index (χ4v) is 1.87. The second-order valence-corrected chi connectivity index (χ2v) is 4.11. The van der Waals surface area contributed by atoms with Gasteiger partial charge in [0.2, 0.25) is 0 Å². The molecule has 0 saturated carbocycles. The van der Waals surface area contributed by atoms with E-state index in [1.165, 1.54) is 5.56 Å². The summed E-state index contributed by atoms with van der Waals surface area (Å²) in [6.07, 6.45) is 4.86. The molecule has 96 valence electrons. The number of benzene rings is 1. The van der Waals surface area contributed by atoms with Crippen LogP contribution in [0.3, 0.4) is 0 Å². The van der Waals surface area contributed by atoms with E-state index in [1.54, 1.807) is 7.11 Å². The van der Waals surface area contributed by atoms with Gasteiger partial charge in [-0.15, -0.1) is 0 Å². The van der Waals surface area contributed by atoms with E-state index in [4.69, 9.17) is 4.74 Å². The topological polar surface area (TPSA) is 39.1 Å². The van der Waals surface area contributed by atoms with Gasteiger partial charge >= 0.3 is 0 Å². The van der Waals surface area contributed by atoms with Crippen LogP contribution in [0.25, 0.3) is 0 Å². The summed E-state index contributed by atoms with van der Waals surface area (Å²) in [5.74, 6) is 0.942. The zero-order valence-electron chi connectivity index (χ0n) is 10.7. The zero-order valence-corrected chi connectivity index (χ0v) is 10.7. The first-order valence-electron chi connectivity index (χ1n) is 6.20. The van der Waals surface area contributed by atoms with Gasteiger partial charge in [-0.25, -0.2) is 0 Å². The number of para-hydroxylation sites is 1. The van der Waals surface area contributed by atoms with Crippen molar-refractivity contribution in [1.29, 1.82) is 0 Å². The molecule has 0 radical (unpaired) electrons. The second-order valence-electron chi connectivity index (χ2n) is 4.11. The van der Waals surface area contributed by atoms with Crippen molar-refractivity contribution in [3.05, 3.63) is 48.3 Å². The van der Waals surface area contributed by atoms with Crippen LogP contribution in [0.5, 0.6) is 5.75 Å². The number of hydrogen-bond donors (Lipinski definition) is 1. The first-order chi connectivity index (χ1) is 8.90. The Labute approximate surface area is 108 Å². The summed E-state index contributed by atoms with van der Waals surface area (Å²) in [6.45, 7) is 2.76. The lowest BCUT2D eigenvalue weighted by atomic mass is 10.2. The predicted molar refractivity (Wildman–Crippen MR) is 71.5 cm³/mol. The summed E-state index contributed by atoms with van der Waals surface area (Å²) in [7, 11) is 1.70. The molecule has 0 spiro atoms. The molecule has 2 rings (SSSR count). The normalized spacial score (nSPS) is 10.5. The van der Waals surface area contributed by atoms with Crippen LogP contribution in [0, 0.1) is 0 Å². The van der Waals surface area contributed by atoms with Gasteiger partial charge in [-0.1, -0.05) is 18.2 Å². The Hall–Kier alpha value is -1.81. The predicted octanol–water partition coefficient (Wildman–Crippen LogP) is 2.07. The lowest BCUT2D eigenvalue weighted by Crippen LogP contribution is -2.17. The zero-order chi connectivity index (χ0) is 12.6. The molecule has 0 amide bonds. The van der Waals surface area contributed by atoms with Gasteiger partial charge in [0.1, 0.15) is 5.75 Å². The van der Waals surface area contributed by atoms with E-state index in [-0.39, 0.29) is 0 Å². The third-order valence-corrected chi connectivity index (χ3v) is 2.81. The number of methoxy groups -OCH3 is 1. The van der Waals surface area contributed by atoms with Crippen LogP contribution in [0.2, 0.25) is 0 Å². The lowest BCUT2D eigenvalue weighted by Gasteiger charge is -2.09. The molecule has 0 unspecified atom stereocenters. The summed E-state index contributed by atoms with van der Waals surface area (Å²) >= 11 is 0. The summed E-state index contributed by atoms with van der Waals surface area (Å²) in [4.78, 5) is 0. The molecule has 0 fully saturated rings. The Bertz CT molecular complexity index is 454. The van der Waals surface area contributed by atoms with Crippen molar-refractivity contribution in [2.24, 2.45) is 0 Å². The number of aryl methyl sites for hydroxylation is 1. The Balaban J connectivity index is 1.69. The number of ether oxygens (including phenoxy) is 1. The SMILES string of the molecule is COc1ccccc1CNCCCn1cccn1. The van der Waals surface area contributed by atoms with Crippen molar-refractivity contribution in [3.63, 3.8) is 0 Å². The minimum atomic E-state index is 0.836. The third kappa shape index (κ3) is 3.60. The molecule has 1 heterocycles. The highest BCUT2D eigenvalue weighted by atomic mass is 16.5. The van der Waals surface area contributed by atoms with Gasteiger partial charge in [-0.05, 0) is 25.1 Å². The van der Waals surface area contributed by atoms with Crippen LogP contribution < -0.4 is 10.1 Å². The van der Waals surface area contributed by atoms with Crippen LogP contribution in [0.15, 0.2) is 42.7 Å². The fourth-order valence-electron chi connectivity index (χ4n) is 1.87. The number of nitrogens with one attached hydrogen (secondary N) is 1. The molecule has 0 aliphatic rings. The highest BCUT2D eigenvalue weighted by Crippen LogP contribution is 2.16. The minimum Gasteiger partial charge on any atom is -0.496 e. The van der Waals surface area contributed by atoms with Crippen LogP contribution in [0.4, 0.5) is 0 Å². The maximum atomic E-state index is 5.31. The van der Waals surface area contributed by atoms with Crippen LogP contribution in [0.1, 0.15) is 12.0 Å². The molecule has 0 aliphatic carbocycles. The summed E-state index contributed by atoms with van der Waals surface area (Å²) in [6, 6.07) is 10.0. The Morgan fingerprint density at radius 1 is 1.28 bits per heavy atom. The smallest absolute Gasteiger partial charge is 0.123 e. The van der Waals surface area contributed by atoms with Gasteiger partial charge in [0.15, 0.2) is 0 Å². The summed E-state index contributed by atoms with van der Waals surface area (Å²) in [5.41, 5.74) is 1.19. The van der Waals surface area contributed by atoms with Crippen LogP contribution >= 0.6 is 0 Å². The highest BCUT2D eigenvalue weighted by Gasteiger charge is 2.00. The van der Waals surface area contributed by atoms with Crippen LogP contribution in [-0.2, 0) is 13.1 Å². The Kier molecular flexibility index (Phi) is 4.78. The van der Waals surface area contributed by atoms with Gasteiger partial charge in [-0.3, -0.25) is 4.68 Å². The second kappa shape index (κ2) is 6.81. The molecule has 18 heavy (non-hydrogen) atoms. The first-order valence-corrected chi connectivity index (χ1v) is 6.20. The third-order valence-electron chi connectivity index (χ3n) is 2.81. The Morgan fingerprint density at radius 2 is 2.17 bits per heavy atom. The van der Waals surface area contributed by atoms with Crippen molar-refractivity contribution in [1.82, 2.24) is 15.1 Å². The van der Waals surface area contributed by atoms with Crippen LogP contribution in [-0.4, -0.2) is 23.4 Å². The van der Waals surface area contributed by atoms with Gasteiger partial charge in [-0.2, -0.15) is 5.10 Å². The number of nitrogens with zero attached hydrogens (tertiary/aromatic N) is 2. The van der Waals surface area contributed by atoms with Crippen molar-refractivity contribution >= 4 is 0 Å². The van der Waals surface area contributed by atoms with Crippen molar-refractivity contribution in [2.75, 3.05) is 13.7 Å². The average molecular weight is 245 g/mol. The highest BCUT2D eigenvalue weighted by molar-refractivity contribution is 5.32. The number of rotatable bonds is 7. The standard InChI is InChI=1S/C14H19N3O/c1-18-14-7-3-2-6-13(14)12-15-8-4-10-17-11-5-9-16-17/h2-3,5-7,9,11,15H,4,8,10,12H2,1H3. The Morgan fingerprint density at radius 3 is 2.94 bits per heavy atom. The van der Waals surface area contributed by atoms with E-state index in [9.17, 15) is 0 Å². The molecular weight excluding hydrogens is 226 g/mol. The average Bonchev–Trinajstić information content (AvgIpc) is 2.92. The summed E-state index contributed by atoms with van der Waals surface area (Å²) in [5, 5.41) is 7.59. The van der Waals surface area contributed by atoms with E-state index in [0.717, 1.165) is 31.8 Å². The maximum Gasteiger partial charge on any atom is 0.123 e. The monoisotopic (exact) mass is 245 g/mol. The molecule has 1 N–H and O–H groups in total. The number of aromatic nitrogens is 2. The molecule has 1 aromatic heterocycles. The van der Waals surface area contributed by atoms with E-state index in [2.05, 4.69) is 16.5 Å². The molecule has 4 nitrogen and oxygen atoms in total. The quantitative estimate of drug-likeness (QED) is 0.759. The molecule has 4 heteroatoms.